The van der Waals surface area contributed by atoms with Crippen LogP contribution < -0.4 is 5.32 Å². The van der Waals surface area contributed by atoms with Gasteiger partial charge in [-0.25, -0.2) is 4.79 Å². The van der Waals surface area contributed by atoms with E-state index in [4.69, 9.17) is 4.42 Å². The Bertz CT molecular complexity index is 807. The second kappa shape index (κ2) is 6.86. The number of hydrogen-bond donors (Lipinski definition) is 1. The zero-order valence-electron chi connectivity index (χ0n) is 14.5. The van der Waals surface area contributed by atoms with Crippen LogP contribution in [0, 0.1) is 0 Å². The largest absolute Gasteiger partial charge is 0.425 e. The van der Waals surface area contributed by atoms with Gasteiger partial charge in [-0.2, -0.15) is 13.2 Å². The molecule has 0 atom stereocenters. The van der Waals surface area contributed by atoms with E-state index in [2.05, 4.69) is 15.5 Å². The highest BCUT2D eigenvalue weighted by Crippen LogP contribution is 2.40. The fourth-order valence-corrected chi connectivity index (χ4v) is 3.18. The van der Waals surface area contributed by atoms with Crippen molar-refractivity contribution in [2.45, 2.75) is 43.7 Å². The number of nitrogens with one attached hydrogen (secondary N) is 1. The van der Waals surface area contributed by atoms with Crippen molar-refractivity contribution in [3.8, 4) is 0 Å². The Morgan fingerprint density at radius 1 is 1.00 bits per heavy atom. The van der Waals surface area contributed by atoms with Crippen molar-refractivity contribution in [2.75, 3.05) is 18.4 Å². The molecule has 2 aromatic rings. The highest BCUT2D eigenvalue weighted by Gasteiger charge is 2.33. The maximum Gasteiger partial charge on any atom is 0.416 e. The first-order valence-corrected chi connectivity index (χ1v) is 8.96. The number of anilines is 1. The molecule has 1 aromatic carbocycles. The molecule has 1 N–H and O–H groups in total. The Morgan fingerprint density at radius 3 is 2.07 bits per heavy atom. The Balaban J connectivity index is 1.30. The van der Waals surface area contributed by atoms with Gasteiger partial charge in [0.05, 0.1) is 5.56 Å². The molecular weight excluding hydrogens is 361 g/mol. The molecule has 27 heavy (non-hydrogen) atoms. The third-order valence-electron chi connectivity index (χ3n) is 4.98. The zero-order chi connectivity index (χ0) is 19.0. The fourth-order valence-electron chi connectivity index (χ4n) is 3.18. The van der Waals surface area contributed by atoms with Gasteiger partial charge >= 0.3 is 12.2 Å². The fraction of sp³-hybridized carbons (Fsp3) is 0.500. The molecule has 0 bridgehead atoms. The van der Waals surface area contributed by atoms with Crippen molar-refractivity contribution in [1.82, 2.24) is 15.1 Å². The lowest BCUT2D eigenvalue weighted by Gasteiger charge is -2.30. The Kier molecular flexibility index (Phi) is 4.53. The summed E-state index contributed by atoms with van der Waals surface area (Å²) in [6.07, 6.45) is -0.758. The van der Waals surface area contributed by atoms with Gasteiger partial charge in [0.1, 0.15) is 0 Å². The summed E-state index contributed by atoms with van der Waals surface area (Å²) in [6.45, 7) is 1.05. The van der Waals surface area contributed by atoms with Crippen LogP contribution in [0.2, 0.25) is 0 Å². The summed E-state index contributed by atoms with van der Waals surface area (Å²) >= 11 is 0. The number of benzene rings is 1. The maximum absolute atomic E-state index is 12.6. The average Bonchev–Trinajstić information content (AvgIpc) is 3.38. The molecule has 2 heterocycles. The molecular formula is C18H19F3N4O2. The highest BCUT2D eigenvalue weighted by atomic mass is 19.4. The van der Waals surface area contributed by atoms with Crippen LogP contribution in [-0.2, 0) is 6.18 Å². The van der Waals surface area contributed by atoms with E-state index in [1.54, 1.807) is 4.90 Å². The van der Waals surface area contributed by atoms with Crippen molar-refractivity contribution >= 4 is 11.7 Å². The Labute approximate surface area is 153 Å². The minimum Gasteiger partial charge on any atom is -0.425 e. The second-order valence-electron chi connectivity index (χ2n) is 7.02. The van der Waals surface area contributed by atoms with E-state index in [9.17, 15) is 18.0 Å². The lowest BCUT2D eigenvalue weighted by atomic mass is 9.97. The summed E-state index contributed by atoms with van der Waals surface area (Å²) < 4.78 is 43.5. The monoisotopic (exact) mass is 380 g/mol. The number of rotatable bonds is 3. The molecule has 0 spiro atoms. The number of likely N-dealkylation sites (tertiary alicyclic amines) is 1. The van der Waals surface area contributed by atoms with E-state index in [-0.39, 0.29) is 11.9 Å². The number of hydrogen-bond acceptors (Lipinski definition) is 4. The van der Waals surface area contributed by atoms with Crippen LogP contribution in [-0.4, -0.2) is 34.2 Å². The number of carbonyl (C=O) groups is 1. The molecule has 9 heteroatoms. The van der Waals surface area contributed by atoms with E-state index >= 15 is 0 Å². The molecule has 0 unspecified atom stereocenters. The van der Waals surface area contributed by atoms with Crippen LogP contribution in [0.4, 0.5) is 23.7 Å². The number of carbonyl (C=O) groups excluding carboxylic acids is 1. The minimum absolute atomic E-state index is 0.139. The number of urea groups is 1. The van der Waals surface area contributed by atoms with Gasteiger partial charge in [0.2, 0.25) is 11.8 Å². The topological polar surface area (TPSA) is 71.3 Å². The minimum atomic E-state index is -4.39. The van der Waals surface area contributed by atoms with Gasteiger partial charge in [-0.05, 0) is 49.9 Å². The number of halogens is 3. The van der Waals surface area contributed by atoms with E-state index in [1.165, 1.54) is 12.1 Å². The number of aromatic nitrogens is 2. The first-order chi connectivity index (χ1) is 12.9. The van der Waals surface area contributed by atoms with Gasteiger partial charge in [0.15, 0.2) is 0 Å². The summed E-state index contributed by atoms with van der Waals surface area (Å²) in [5.41, 5.74) is -0.410. The predicted octanol–water partition coefficient (Wildman–Crippen LogP) is 4.38. The van der Waals surface area contributed by atoms with Crippen LogP contribution in [0.5, 0.6) is 0 Å². The first-order valence-electron chi connectivity index (χ1n) is 8.96. The quantitative estimate of drug-likeness (QED) is 0.858. The summed E-state index contributed by atoms with van der Waals surface area (Å²) in [7, 11) is 0. The van der Waals surface area contributed by atoms with Crippen LogP contribution >= 0.6 is 0 Å². The van der Waals surface area contributed by atoms with Gasteiger partial charge in [0, 0.05) is 30.6 Å². The van der Waals surface area contributed by atoms with Gasteiger partial charge in [-0.1, -0.05) is 0 Å². The standard InChI is InChI=1S/C18H19F3N4O2/c19-18(20,21)13-3-5-14(6-4-13)22-17(26)25-9-7-12(8-10-25)16-24-23-15(27-16)11-1-2-11/h3-6,11-12H,1-2,7-10H2,(H,22,26). The summed E-state index contributed by atoms with van der Waals surface area (Å²) in [6, 6.07) is 4.10. The van der Waals surface area contributed by atoms with Gasteiger partial charge in [0.25, 0.3) is 0 Å². The third kappa shape index (κ3) is 4.06. The zero-order valence-corrected chi connectivity index (χ0v) is 14.5. The van der Waals surface area contributed by atoms with Crippen molar-refractivity contribution in [3.63, 3.8) is 0 Å². The normalized spacial score (nSPS) is 18.6. The van der Waals surface area contributed by atoms with Crippen molar-refractivity contribution in [1.29, 1.82) is 0 Å². The molecule has 2 aliphatic rings. The summed E-state index contributed by atoms with van der Waals surface area (Å²) in [5.74, 6) is 1.91. The number of nitrogens with zero attached hydrogens (tertiary/aromatic N) is 3. The van der Waals surface area contributed by atoms with Crippen LogP contribution in [0.15, 0.2) is 28.7 Å². The molecule has 1 aliphatic heterocycles. The summed E-state index contributed by atoms with van der Waals surface area (Å²) in [5, 5.41) is 10.9. The van der Waals surface area contributed by atoms with E-state index in [0.717, 1.165) is 25.0 Å². The average molecular weight is 380 g/mol. The third-order valence-corrected chi connectivity index (χ3v) is 4.98. The van der Waals surface area contributed by atoms with Crippen molar-refractivity contribution in [3.05, 3.63) is 41.6 Å². The SMILES string of the molecule is O=C(Nc1ccc(C(F)(F)F)cc1)N1CCC(c2nnc(C3CC3)o2)CC1. The number of piperidine rings is 1. The van der Waals surface area contributed by atoms with Gasteiger partial charge in [-0.3, -0.25) is 0 Å². The Morgan fingerprint density at radius 2 is 1.56 bits per heavy atom. The molecule has 1 saturated heterocycles. The molecule has 1 aromatic heterocycles. The number of alkyl halides is 3. The van der Waals surface area contributed by atoms with E-state index < -0.39 is 11.7 Å². The lowest BCUT2D eigenvalue weighted by molar-refractivity contribution is -0.137. The molecule has 2 amide bonds. The molecule has 1 saturated carbocycles. The molecule has 144 valence electrons. The van der Waals surface area contributed by atoms with Crippen molar-refractivity contribution in [2.24, 2.45) is 0 Å². The first kappa shape index (κ1) is 17.8. The van der Waals surface area contributed by atoms with Gasteiger partial charge < -0.3 is 14.6 Å². The van der Waals surface area contributed by atoms with E-state index in [0.29, 0.717) is 49.3 Å². The van der Waals surface area contributed by atoms with Crippen molar-refractivity contribution < 1.29 is 22.4 Å². The smallest absolute Gasteiger partial charge is 0.416 e. The molecule has 0 radical (unpaired) electrons. The van der Waals surface area contributed by atoms with Crippen LogP contribution in [0.25, 0.3) is 0 Å². The molecule has 1 aliphatic carbocycles. The molecule has 4 rings (SSSR count). The maximum atomic E-state index is 12.6. The van der Waals surface area contributed by atoms with Crippen LogP contribution in [0.1, 0.15) is 54.9 Å². The second-order valence-corrected chi connectivity index (χ2v) is 7.02. The van der Waals surface area contributed by atoms with E-state index in [1.807, 2.05) is 0 Å². The Hall–Kier alpha value is -2.58. The number of amides is 2. The van der Waals surface area contributed by atoms with Crippen LogP contribution in [0.3, 0.4) is 0 Å². The molecule has 2 fully saturated rings. The summed E-state index contributed by atoms with van der Waals surface area (Å²) in [4.78, 5) is 14.0. The highest BCUT2D eigenvalue weighted by molar-refractivity contribution is 5.89. The lowest BCUT2D eigenvalue weighted by Crippen LogP contribution is -2.40. The molecule has 6 nitrogen and oxygen atoms in total. The predicted molar refractivity (Wildman–Crippen MR) is 90.3 cm³/mol. The van der Waals surface area contributed by atoms with Gasteiger partial charge in [-0.15, -0.1) is 10.2 Å².